The zero-order valence-corrected chi connectivity index (χ0v) is 10.1. The second-order valence-corrected chi connectivity index (χ2v) is 3.61. The molecule has 1 aromatic carbocycles. The fourth-order valence-electron chi connectivity index (χ4n) is 1.43. The summed E-state index contributed by atoms with van der Waals surface area (Å²) >= 11 is 0. The Hall–Kier alpha value is -2.35. The molecule has 1 heterocycles. The predicted molar refractivity (Wildman–Crippen MR) is 63.1 cm³/mol. The van der Waals surface area contributed by atoms with Crippen molar-refractivity contribution in [1.82, 2.24) is 9.97 Å². The normalized spacial score (nSPS) is 11.2. The third-order valence-electron chi connectivity index (χ3n) is 2.21. The smallest absolute Gasteiger partial charge is 0.433 e. The number of nitrogens with two attached hydrogens (primary N) is 1. The van der Waals surface area contributed by atoms with Crippen LogP contribution in [-0.4, -0.2) is 16.3 Å². The number of hydrogen-bond donors (Lipinski definition) is 1. The highest BCUT2D eigenvalue weighted by Crippen LogP contribution is 2.34. The molecule has 2 rings (SSSR count). The Balaban J connectivity index is 2.29. The van der Waals surface area contributed by atoms with Crippen LogP contribution in [0.25, 0.3) is 0 Å². The molecular weight excluding hydrogens is 275 g/mol. The Kier molecular flexibility index (Phi) is 4.04. The summed E-state index contributed by atoms with van der Waals surface area (Å²) in [4.78, 5) is 7.80. The maximum Gasteiger partial charge on any atom is 0.573 e. The number of alkyl halides is 3. The van der Waals surface area contributed by atoms with Crippen molar-refractivity contribution in [2.45, 2.75) is 12.9 Å². The van der Waals surface area contributed by atoms with E-state index in [1.54, 1.807) is 0 Å². The monoisotopic (exact) mass is 285 g/mol. The van der Waals surface area contributed by atoms with Crippen LogP contribution in [0.3, 0.4) is 0 Å². The van der Waals surface area contributed by atoms with Gasteiger partial charge in [-0.15, -0.1) is 13.2 Å². The van der Waals surface area contributed by atoms with Gasteiger partial charge in [0.05, 0.1) is 0 Å². The molecule has 5 nitrogen and oxygen atoms in total. The molecular formula is C12H10F3N3O2. The van der Waals surface area contributed by atoms with Crippen molar-refractivity contribution >= 4 is 0 Å². The highest BCUT2D eigenvalue weighted by atomic mass is 19.4. The Morgan fingerprint density at radius 2 is 1.70 bits per heavy atom. The molecule has 0 saturated carbocycles. The molecule has 20 heavy (non-hydrogen) atoms. The maximum absolute atomic E-state index is 12.3. The van der Waals surface area contributed by atoms with Gasteiger partial charge in [-0.2, -0.15) is 0 Å². The zero-order chi connectivity index (χ0) is 14.6. The average Bonchev–Trinajstić information content (AvgIpc) is 2.40. The summed E-state index contributed by atoms with van der Waals surface area (Å²) in [5.41, 5.74) is 5.78. The van der Waals surface area contributed by atoms with Gasteiger partial charge in [-0.3, -0.25) is 4.98 Å². The first-order valence-corrected chi connectivity index (χ1v) is 5.52. The largest absolute Gasteiger partial charge is 0.573 e. The van der Waals surface area contributed by atoms with Gasteiger partial charge in [0, 0.05) is 18.9 Å². The van der Waals surface area contributed by atoms with Crippen LogP contribution in [0, 0.1) is 0 Å². The average molecular weight is 285 g/mol. The fraction of sp³-hybridized carbons (Fsp3) is 0.167. The summed E-state index contributed by atoms with van der Waals surface area (Å²) < 4.78 is 46.0. The van der Waals surface area contributed by atoms with Crippen LogP contribution in [0.1, 0.15) is 5.69 Å². The Morgan fingerprint density at radius 1 is 1.05 bits per heavy atom. The van der Waals surface area contributed by atoms with Crippen molar-refractivity contribution in [3.8, 4) is 17.4 Å². The summed E-state index contributed by atoms with van der Waals surface area (Å²) in [5, 5.41) is 0. The molecule has 0 radical (unpaired) electrons. The van der Waals surface area contributed by atoms with Gasteiger partial charge in [-0.1, -0.05) is 12.1 Å². The minimum Gasteiger partial charge on any atom is -0.433 e. The Bertz CT molecular complexity index is 590. The van der Waals surface area contributed by atoms with E-state index in [0.29, 0.717) is 5.69 Å². The van der Waals surface area contributed by atoms with Gasteiger partial charge in [-0.05, 0) is 12.1 Å². The lowest BCUT2D eigenvalue weighted by Gasteiger charge is -2.13. The molecule has 1 aromatic heterocycles. The molecule has 0 unspecified atom stereocenters. The molecule has 106 valence electrons. The first kappa shape index (κ1) is 14.1. The summed E-state index contributed by atoms with van der Waals surface area (Å²) in [6, 6.07) is 5.38. The molecule has 2 aromatic rings. The summed E-state index contributed by atoms with van der Waals surface area (Å²) in [6.45, 7) is 0.0471. The number of rotatable bonds is 4. The van der Waals surface area contributed by atoms with E-state index >= 15 is 0 Å². The SMILES string of the molecule is NCc1nccnc1Oc1ccccc1OC(F)(F)F. The zero-order valence-electron chi connectivity index (χ0n) is 10.1. The third-order valence-corrected chi connectivity index (χ3v) is 2.21. The van der Waals surface area contributed by atoms with Gasteiger partial charge in [0.2, 0.25) is 5.88 Å². The van der Waals surface area contributed by atoms with Crippen molar-refractivity contribution in [1.29, 1.82) is 0 Å². The van der Waals surface area contributed by atoms with Crippen LogP contribution < -0.4 is 15.2 Å². The number of halogens is 3. The van der Waals surface area contributed by atoms with Crippen molar-refractivity contribution in [3.63, 3.8) is 0 Å². The van der Waals surface area contributed by atoms with Gasteiger partial charge in [0.1, 0.15) is 5.69 Å². The van der Waals surface area contributed by atoms with Crippen LogP contribution in [0.15, 0.2) is 36.7 Å². The molecule has 0 bridgehead atoms. The number of aromatic nitrogens is 2. The number of nitrogens with zero attached hydrogens (tertiary/aromatic N) is 2. The van der Waals surface area contributed by atoms with Gasteiger partial charge in [-0.25, -0.2) is 4.98 Å². The summed E-state index contributed by atoms with van der Waals surface area (Å²) in [6.07, 6.45) is -2.05. The Morgan fingerprint density at radius 3 is 2.35 bits per heavy atom. The second kappa shape index (κ2) is 5.74. The first-order chi connectivity index (χ1) is 9.49. The molecule has 0 aliphatic rings. The van der Waals surface area contributed by atoms with E-state index in [4.69, 9.17) is 10.5 Å². The fourth-order valence-corrected chi connectivity index (χ4v) is 1.43. The standard InChI is InChI=1S/C12H10F3N3O2/c13-12(14,15)20-10-4-2-1-3-9(10)19-11-8(7-16)17-5-6-18-11/h1-6H,7,16H2. The minimum atomic E-state index is -4.81. The predicted octanol–water partition coefficient (Wildman–Crippen LogP) is 2.63. The third kappa shape index (κ3) is 3.58. The van der Waals surface area contributed by atoms with Crippen molar-refractivity contribution in [3.05, 3.63) is 42.4 Å². The van der Waals surface area contributed by atoms with E-state index in [1.165, 1.54) is 30.6 Å². The van der Waals surface area contributed by atoms with Crippen LogP contribution >= 0.6 is 0 Å². The first-order valence-electron chi connectivity index (χ1n) is 5.52. The van der Waals surface area contributed by atoms with Gasteiger partial charge in [0.25, 0.3) is 0 Å². The number of para-hydroxylation sites is 2. The van der Waals surface area contributed by atoms with E-state index in [0.717, 1.165) is 6.07 Å². The molecule has 0 aliphatic heterocycles. The van der Waals surface area contributed by atoms with Crippen molar-refractivity contribution in [2.24, 2.45) is 5.73 Å². The molecule has 0 atom stereocenters. The highest BCUT2D eigenvalue weighted by Gasteiger charge is 2.32. The lowest BCUT2D eigenvalue weighted by molar-refractivity contribution is -0.275. The molecule has 0 amide bonds. The number of benzene rings is 1. The second-order valence-electron chi connectivity index (χ2n) is 3.61. The van der Waals surface area contributed by atoms with E-state index in [9.17, 15) is 13.2 Å². The van der Waals surface area contributed by atoms with Crippen LogP contribution in [-0.2, 0) is 6.54 Å². The highest BCUT2D eigenvalue weighted by molar-refractivity contribution is 5.42. The summed E-state index contributed by atoms with van der Waals surface area (Å²) in [7, 11) is 0. The molecule has 0 aliphatic carbocycles. The van der Waals surface area contributed by atoms with Crippen molar-refractivity contribution < 1.29 is 22.6 Å². The lowest BCUT2D eigenvalue weighted by Crippen LogP contribution is -2.17. The quantitative estimate of drug-likeness (QED) is 0.935. The lowest BCUT2D eigenvalue weighted by atomic mass is 10.3. The van der Waals surface area contributed by atoms with Crippen LogP contribution in [0.4, 0.5) is 13.2 Å². The number of ether oxygens (including phenoxy) is 2. The molecule has 0 spiro atoms. The minimum absolute atomic E-state index is 0.0354. The molecule has 0 fully saturated rings. The van der Waals surface area contributed by atoms with Crippen molar-refractivity contribution in [2.75, 3.05) is 0 Å². The Labute approximate surface area is 112 Å². The van der Waals surface area contributed by atoms with Gasteiger partial charge < -0.3 is 15.2 Å². The van der Waals surface area contributed by atoms with Gasteiger partial charge >= 0.3 is 6.36 Å². The molecule has 8 heteroatoms. The van der Waals surface area contributed by atoms with E-state index in [2.05, 4.69) is 14.7 Å². The topological polar surface area (TPSA) is 70.3 Å². The summed E-state index contributed by atoms with van der Waals surface area (Å²) in [5.74, 6) is -0.554. The number of hydrogen-bond acceptors (Lipinski definition) is 5. The van der Waals surface area contributed by atoms with E-state index < -0.39 is 12.1 Å². The van der Waals surface area contributed by atoms with Crippen LogP contribution in [0.5, 0.6) is 17.4 Å². The molecule has 0 saturated heterocycles. The van der Waals surface area contributed by atoms with E-state index in [-0.39, 0.29) is 18.2 Å². The molecule has 2 N–H and O–H groups in total. The van der Waals surface area contributed by atoms with Gasteiger partial charge in [0.15, 0.2) is 11.5 Å². The maximum atomic E-state index is 12.3. The van der Waals surface area contributed by atoms with E-state index in [1.807, 2.05) is 0 Å². The van der Waals surface area contributed by atoms with Crippen LogP contribution in [0.2, 0.25) is 0 Å².